The molecule has 1 heterocycles. The van der Waals surface area contributed by atoms with Crippen LogP contribution in [0.3, 0.4) is 0 Å². The monoisotopic (exact) mass is 417 g/mol. The molecular weight excluding hydrogens is 398 g/mol. The molecule has 0 aliphatic carbocycles. The zero-order valence-electron chi connectivity index (χ0n) is 15.2. The molecule has 0 saturated carbocycles. The molecule has 9 heteroatoms. The summed E-state index contributed by atoms with van der Waals surface area (Å²) in [6.07, 6.45) is 1.67. The molecule has 2 N–H and O–H groups in total. The number of allylic oxidation sites excluding steroid dienone is 1. The van der Waals surface area contributed by atoms with Crippen molar-refractivity contribution in [2.24, 2.45) is 10.1 Å². The van der Waals surface area contributed by atoms with Crippen LogP contribution in [-0.4, -0.2) is 25.5 Å². The molecule has 0 radical (unpaired) electrons. The van der Waals surface area contributed by atoms with Crippen LogP contribution >= 0.6 is 11.3 Å². The second-order valence-electron chi connectivity index (χ2n) is 6.02. The van der Waals surface area contributed by atoms with Gasteiger partial charge in [0.2, 0.25) is 10.0 Å². The standard InChI is InChI=1S/C19H19N3O4S2/c1-3-10-22-15-9-8-14(28(20,24)25)11-17(15)27-19(22)21-18(23)12-26-16-7-5-4-6-13(16)2/h3-9,11H,1,10,12H2,2H3,(H2,20,24,25). The van der Waals surface area contributed by atoms with E-state index in [1.165, 1.54) is 23.5 Å². The molecule has 146 valence electrons. The van der Waals surface area contributed by atoms with Gasteiger partial charge in [0.1, 0.15) is 5.75 Å². The maximum absolute atomic E-state index is 12.3. The summed E-state index contributed by atoms with van der Waals surface area (Å²) in [6, 6.07) is 11.9. The molecule has 0 saturated heterocycles. The van der Waals surface area contributed by atoms with Gasteiger partial charge in [-0.3, -0.25) is 4.79 Å². The lowest BCUT2D eigenvalue weighted by atomic mass is 10.2. The molecule has 1 aromatic heterocycles. The van der Waals surface area contributed by atoms with E-state index in [-0.39, 0.29) is 11.5 Å². The molecule has 0 unspecified atom stereocenters. The van der Waals surface area contributed by atoms with E-state index in [2.05, 4.69) is 11.6 Å². The third-order valence-corrected chi connectivity index (χ3v) is 5.91. The summed E-state index contributed by atoms with van der Waals surface area (Å²) in [6.45, 7) is 5.83. The van der Waals surface area contributed by atoms with Crippen molar-refractivity contribution in [1.29, 1.82) is 0 Å². The van der Waals surface area contributed by atoms with Gasteiger partial charge in [-0.05, 0) is 36.8 Å². The number of nitrogens with two attached hydrogens (primary N) is 1. The molecule has 28 heavy (non-hydrogen) atoms. The van der Waals surface area contributed by atoms with E-state index in [4.69, 9.17) is 9.88 Å². The van der Waals surface area contributed by atoms with Gasteiger partial charge >= 0.3 is 0 Å². The van der Waals surface area contributed by atoms with Gasteiger partial charge in [0, 0.05) is 6.54 Å². The molecule has 0 aliphatic heterocycles. The van der Waals surface area contributed by atoms with E-state index in [0.717, 1.165) is 11.1 Å². The Labute approximate surface area is 166 Å². The highest BCUT2D eigenvalue weighted by atomic mass is 32.2. The van der Waals surface area contributed by atoms with Crippen LogP contribution < -0.4 is 14.7 Å². The molecular formula is C19H19N3O4S2. The lowest BCUT2D eigenvalue weighted by molar-refractivity contribution is -0.120. The molecule has 0 aliphatic rings. The number of aromatic nitrogens is 1. The number of fused-ring (bicyclic) bond motifs is 1. The Balaban J connectivity index is 1.96. The fraction of sp³-hybridized carbons (Fsp3) is 0.158. The first-order valence-electron chi connectivity index (χ1n) is 8.32. The smallest absolute Gasteiger partial charge is 0.286 e. The number of sulfonamides is 1. The summed E-state index contributed by atoms with van der Waals surface area (Å²) < 4.78 is 31.1. The molecule has 0 bridgehead atoms. The Kier molecular flexibility index (Phi) is 5.78. The van der Waals surface area contributed by atoms with Crippen LogP contribution in [0.15, 0.2) is 65.0 Å². The number of carbonyl (C=O) groups excluding carboxylic acids is 1. The number of primary sulfonamides is 1. The summed E-state index contributed by atoms with van der Waals surface area (Å²) in [5.41, 5.74) is 1.66. The summed E-state index contributed by atoms with van der Waals surface area (Å²) in [5.74, 6) is 0.179. The lowest BCUT2D eigenvalue weighted by Gasteiger charge is -2.06. The molecule has 3 rings (SSSR count). The quantitative estimate of drug-likeness (QED) is 0.622. The van der Waals surface area contributed by atoms with Gasteiger partial charge in [-0.1, -0.05) is 35.6 Å². The Morgan fingerprint density at radius 1 is 1.32 bits per heavy atom. The third-order valence-electron chi connectivity index (χ3n) is 3.96. The van der Waals surface area contributed by atoms with Crippen LogP contribution in [0.4, 0.5) is 0 Å². The average Bonchev–Trinajstić information content (AvgIpc) is 2.97. The van der Waals surface area contributed by atoms with Crippen molar-refractivity contribution >= 4 is 37.5 Å². The molecule has 0 atom stereocenters. The van der Waals surface area contributed by atoms with Crippen molar-refractivity contribution in [3.63, 3.8) is 0 Å². The van der Waals surface area contributed by atoms with E-state index >= 15 is 0 Å². The third kappa shape index (κ3) is 4.38. The van der Waals surface area contributed by atoms with Gasteiger partial charge in [0.25, 0.3) is 5.91 Å². The predicted octanol–water partition coefficient (Wildman–Crippen LogP) is 2.35. The van der Waals surface area contributed by atoms with Crippen molar-refractivity contribution in [2.75, 3.05) is 6.61 Å². The zero-order chi connectivity index (χ0) is 20.3. The number of rotatable bonds is 6. The number of hydrogen-bond acceptors (Lipinski definition) is 5. The van der Waals surface area contributed by atoms with Crippen molar-refractivity contribution in [3.05, 3.63) is 65.5 Å². The second-order valence-corrected chi connectivity index (χ2v) is 8.59. The first kappa shape index (κ1) is 20.0. The molecule has 2 aromatic carbocycles. The number of amides is 1. The van der Waals surface area contributed by atoms with Gasteiger partial charge in [-0.2, -0.15) is 4.99 Å². The van der Waals surface area contributed by atoms with Crippen LogP contribution in [0, 0.1) is 6.92 Å². The summed E-state index contributed by atoms with van der Waals surface area (Å²) >= 11 is 1.20. The Morgan fingerprint density at radius 2 is 2.07 bits per heavy atom. The minimum absolute atomic E-state index is 0.00719. The highest BCUT2D eigenvalue weighted by Crippen LogP contribution is 2.21. The van der Waals surface area contributed by atoms with Gasteiger partial charge in [-0.25, -0.2) is 13.6 Å². The minimum atomic E-state index is -3.82. The van der Waals surface area contributed by atoms with Gasteiger partial charge in [0.15, 0.2) is 11.4 Å². The Bertz CT molecular complexity index is 1220. The van der Waals surface area contributed by atoms with Gasteiger partial charge < -0.3 is 9.30 Å². The number of carbonyl (C=O) groups is 1. The number of ether oxygens (including phenoxy) is 1. The molecule has 7 nitrogen and oxygen atoms in total. The van der Waals surface area contributed by atoms with Crippen LogP contribution in [0.25, 0.3) is 10.2 Å². The van der Waals surface area contributed by atoms with E-state index < -0.39 is 15.9 Å². The fourth-order valence-corrected chi connectivity index (χ4v) is 4.33. The van der Waals surface area contributed by atoms with Gasteiger partial charge in [0.05, 0.1) is 15.1 Å². The maximum atomic E-state index is 12.3. The van der Waals surface area contributed by atoms with Crippen molar-refractivity contribution in [1.82, 2.24) is 4.57 Å². The minimum Gasteiger partial charge on any atom is -0.483 e. The number of nitrogens with zero attached hydrogens (tertiary/aromatic N) is 2. The summed E-state index contributed by atoms with van der Waals surface area (Å²) in [4.78, 5) is 16.9. The highest BCUT2D eigenvalue weighted by Gasteiger charge is 2.13. The summed E-state index contributed by atoms with van der Waals surface area (Å²) in [5, 5.41) is 5.20. The first-order chi connectivity index (χ1) is 13.3. The van der Waals surface area contributed by atoms with Crippen LogP contribution in [-0.2, 0) is 21.4 Å². The van der Waals surface area contributed by atoms with Crippen molar-refractivity contribution in [3.8, 4) is 5.75 Å². The largest absolute Gasteiger partial charge is 0.483 e. The van der Waals surface area contributed by atoms with Crippen molar-refractivity contribution in [2.45, 2.75) is 18.4 Å². The predicted molar refractivity (Wildman–Crippen MR) is 109 cm³/mol. The second kappa shape index (κ2) is 8.09. The normalized spacial score (nSPS) is 12.3. The average molecular weight is 418 g/mol. The van der Waals surface area contributed by atoms with E-state index in [1.807, 2.05) is 25.1 Å². The topological polar surface area (TPSA) is 104 Å². The molecule has 1 amide bonds. The molecule has 0 fully saturated rings. The van der Waals surface area contributed by atoms with Crippen LogP contribution in [0.1, 0.15) is 5.56 Å². The lowest BCUT2D eigenvalue weighted by Crippen LogP contribution is -2.19. The Morgan fingerprint density at radius 3 is 2.75 bits per heavy atom. The first-order valence-corrected chi connectivity index (χ1v) is 10.7. The molecule has 3 aromatic rings. The summed E-state index contributed by atoms with van der Waals surface area (Å²) in [7, 11) is -3.82. The fourth-order valence-electron chi connectivity index (χ4n) is 2.62. The van der Waals surface area contributed by atoms with E-state index in [9.17, 15) is 13.2 Å². The number of thiazole rings is 1. The molecule has 0 spiro atoms. The van der Waals surface area contributed by atoms with E-state index in [1.54, 1.807) is 22.8 Å². The SMILES string of the molecule is C=CCn1c(=NC(=O)COc2ccccc2C)sc2cc(S(N)(=O)=O)ccc21. The van der Waals surface area contributed by atoms with Crippen LogP contribution in [0.5, 0.6) is 5.75 Å². The Hall–Kier alpha value is -2.75. The number of aryl methyl sites for hydroxylation is 1. The number of para-hydroxylation sites is 1. The zero-order valence-corrected chi connectivity index (χ0v) is 16.8. The van der Waals surface area contributed by atoms with Crippen molar-refractivity contribution < 1.29 is 17.9 Å². The number of hydrogen-bond donors (Lipinski definition) is 1. The van der Waals surface area contributed by atoms with Gasteiger partial charge in [-0.15, -0.1) is 6.58 Å². The maximum Gasteiger partial charge on any atom is 0.286 e. The highest BCUT2D eigenvalue weighted by molar-refractivity contribution is 7.89. The number of benzene rings is 2. The van der Waals surface area contributed by atoms with Crippen LogP contribution in [0.2, 0.25) is 0 Å². The van der Waals surface area contributed by atoms with E-state index in [0.29, 0.717) is 21.8 Å².